The fourth-order valence-electron chi connectivity index (χ4n) is 3.19. The minimum Gasteiger partial charge on any atom is -0.493 e. The van der Waals surface area contributed by atoms with Crippen LogP contribution in [0.3, 0.4) is 0 Å². The van der Waals surface area contributed by atoms with Gasteiger partial charge in [0.1, 0.15) is 19.1 Å². The quantitative estimate of drug-likeness (QED) is 0.728. The summed E-state index contributed by atoms with van der Waals surface area (Å²) < 4.78 is 10.6. The molecule has 1 aromatic carbocycles. The van der Waals surface area contributed by atoms with Crippen molar-refractivity contribution in [3.63, 3.8) is 0 Å². The Labute approximate surface area is 122 Å². The predicted molar refractivity (Wildman–Crippen MR) is 79.4 cm³/mol. The highest BCUT2D eigenvalue weighted by atomic mass is 16.5. The highest BCUT2D eigenvalue weighted by Gasteiger charge is 2.28. The Balaban J connectivity index is 1.85. The van der Waals surface area contributed by atoms with Crippen LogP contribution in [-0.2, 0) is 6.54 Å². The molecule has 2 rings (SSSR count). The van der Waals surface area contributed by atoms with Gasteiger partial charge in [-0.15, -0.1) is 0 Å². The molecule has 1 saturated heterocycles. The Morgan fingerprint density at radius 1 is 1.25 bits per heavy atom. The lowest BCUT2D eigenvalue weighted by Gasteiger charge is -2.18. The van der Waals surface area contributed by atoms with Crippen LogP contribution in [0, 0.1) is 0 Å². The van der Waals surface area contributed by atoms with E-state index in [1.165, 1.54) is 38.0 Å². The number of nitrogens with one attached hydrogen (secondary N) is 1. The number of nitrogens with two attached hydrogens (primary N) is 1. The van der Waals surface area contributed by atoms with Gasteiger partial charge in [-0.05, 0) is 25.1 Å². The zero-order valence-electron chi connectivity index (χ0n) is 12.9. The molecule has 0 radical (unpaired) electrons. The molecule has 0 spiro atoms. The van der Waals surface area contributed by atoms with Crippen molar-refractivity contribution in [1.82, 2.24) is 0 Å². The number of likely N-dealkylation sites (N-methyl/N-ethyl adjacent to an activating group) is 1. The summed E-state index contributed by atoms with van der Waals surface area (Å²) in [6.45, 7) is 7.13. The molecular formula is C16H28N2O2+2. The summed E-state index contributed by atoms with van der Waals surface area (Å²) in [5, 5.41) is 2.42. The van der Waals surface area contributed by atoms with Crippen molar-refractivity contribution in [1.29, 1.82) is 0 Å². The van der Waals surface area contributed by atoms with E-state index < -0.39 is 0 Å². The van der Waals surface area contributed by atoms with Gasteiger partial charge >= 0.3 is 0 Å². The van der Waals surface area contributed by atoms with Crippen LogP contribution < -0.4 is 19.7 Å². The first-order valence-electron chi connectivity index (χ1n) is 7.65. The van der Waals surface area contributed by atoms with Crippen molar-refractivity contribution < 1.29 is 19.7 Å². The second-order valence-corrected chi connectivity index (χ2v) is 5.52. The molecule has 0 amide bonds. The SMILES string of the molecule is CC[NH+]1CCC[C@H]1C[NH2+]Cc1ccc(OC)c(OC)c1. The van der Waals surface area contributed by atoms with Crippen LogP contribution in [0.4, 0.5) is 0 Å². The fraction of sp³-hybridized carbons (Fsp3) is 0.625. The lowest BCUT2D eigenvalue weighted by molar-refractivity contribution is -0.925. The van der Waals surface area contributed by atoms with Crippen molar-refractivity contribution in [2.75, 3.05) is 33.9 Å². The van der Waals surface area contributed by atoms with E-state index in [9.17, 15) is 0 Å². The summed E-state index contributed by atoms with van der Waals surface area (Å²) in [7, 11) is 3.36. The standard InChI is InChI=1S/C16H26N2O2/c1-4-18-9-5-6-14(18)12-17-11-13-7-8-15(19-2)16(10-13)20-3/h7-8,10,14,17H,4-6,9,11-12H2,1-3H3/p+2/t14-/m0/s1. The Morgan fingerprint density at radius 3 is 2.75 bits per heavy atom. The number of quaternary nitrogens is 2. The monoisotopic (exact) mass is 280 g/mol. The van der Waals surface area contributed by atoms with E-state index in [0.717, 1.165) is 24.1 Å². The Morgan fingerprint density at radius 2 is 2.05 bits per heavy atom. The van der Waals surface area contributed by atoms with Crippen LogP contribution in [-0.4, -0.2) is 39.9 Å². The number of benzene rings is 1. The van der Waals surface area contributed by atoms with Gasteiger partial charge in [-0.1, -0.05) is 0 Å². The largest absolute Gasteiger partial charge is 0.493 e. The summed E-state index contributed by atoms with van der Waals surface area (Å²) in [6.07, 6.45) is 2.77. The van der Waals surface area contributed by atoms with Crippen LogP contribution in [0.1, 0.15) is 25.3 Å². The van der Waals surface area contributed by atoms with Gasteiger partial charge < -0.3 is 19.7 Å². The molecule has 1 unspecified atom stereocenters. The van der Waals surface area contributed by atoms with E-state index in [0.29, 0.717) is 0 Å². The first-order valence-corrected chi connectivity index (χ1v) is 7.65. The second-order valence-electron chi connectivity index (χ2n) is 5.52. The van der Waals surface area contributed by atoms with Crippen molar-refractivity contribution in [3.8, 4) is 11.5 Å². The zero-order valence-corrected chi connectivity index (χ0v) is 12.9. The minimum atomic E-state index is 0.800. The third-order valence-corrected chi connectivity index (χ3v) is 4.36. The normalized spacial score (nSPS) is 21.9. The molecule has 1 aliphatic heterocycles. The second kappa shape index (κ2) is 7.50. The number of ether oxygens (including phenoxy) is 2. The highest BCUT2D eigenvalue weighted by Crippen LogP contribution is 2.27. The maximum atomic E-state index is 5.35. The molecule has 2 atom stereocenters. The molecule has 1 aliphatic rings. The molecule has 1 heterocycles. The molecule has 0 aliphatic carbocycles. The minimum absolute atomic E-state index is 0.800. The van der Waals surface area contributed by atoms with Crippen molar-refractivity contribution >= 4 is 0 Å². The van der Waals surface area contributed by atoms with Crippen molar-refractivity contribution in [3.05, 3.63) is 23.8 Å². The van der Waals surface area contributed by atoms with E-state index in [2.05, 4.69) is 24.4 Å². The van der Waals surface area contributed by atoms with Gasteiger partial charge in [0.15, 0.2) is 11.5 Å². The molecule has 20 heavy (non-hydrogen) atoms. The molecule has 0 aromatic heterocycles. The summed E-state index contributed by atoms with van der Waals surface area (Å²) in [4.78, 5) is 1.77. The van der Waals surface area contributed by atoms with Gasteiger partial charge in [-0.2, -0.15) is 0 Å². The Kier molecular flexibility index (Phi) is 5.68. The maximum absolute atomic E-state index is 5.35. The average Bonchev–Trinajstić information content (AvgIpc) is 2.94. The lowest BCUT2D eigenvalue weighted by Crippen LogP contribution is -3.16. The van der Waals surface area contributed by atoms with Gasteiger partial charge in [0.2, 0.25) is 0 Å². The average molecular weight is 280 g/mol. The van der Waals surface area contributed by atoms with Gasteiger partial charge in [0, 0.05) is 18.4 Å². The molecule has 112 valence electrons. The van der Waals surface area contributed by atoms with E-state index in [-0.39, 0.29) is 0 Å². The van der Waals surface area contributed by atoms with Crippen LogP contribution >= 0.6 is 0 Å². The van der Waals surface area contributed by atoms with Crippen LogP contribution in [0.2, 0.25) is 0 Å². The topological polar surface area (TPSA) is 39.5 Å². The van der Waals surface area contributed by atoms with E-state index in [1.807, 2.05) is 6.07 Å². The summed E-state index contributed by atoms with van der Waals surface area (Å²) in [5.41, 5.74) is 1.29. The predicted octanol–water partition coefficient (Wildman–Crippen LogP) is -0.166. The van der Waals surface area contributed by atoms with E-state index in [1.54, 1.807) is 19.1 Å². The first kappa shape index (κ1) is 15.1. The van der Waals surface area contributed by atoms with Crippen LogP contribution in [0.5, 0.6) is 11.5 Å². The van der Waals surface area contributed by atoms with Gasteiger partial charge in [0.25, 0.3) is 0 Å². The molecule has 4 heteroatoms. The molecule has 1 fully saturated rings. The summed E-state index contributed by atoms with van der Waals surface area (Å²) >= 11 is 0. The number of hydrogen-bond acceptors (Lipinski definition) is 2. The number of methoxy groups -OCH3 is 2. The van der Waals surface area contributed by atoms with E-state index >= 15 is 0 Å². The molecular weight excluding hydrogens is 252 g/mol. The third kappa shape index (κ3) is 3.64. The lowest BCUT2D eigenvalue weighted by atomic mass is 10.2. The molecule has 4 nitrogen and oxygen atoms in total. The Hall–Kier alpha value is -1.26. The highest BCUT2D eigenvalue weighted by molar-refractivity contribution is 5.42. The Bertz CT molecular complexity index is 423. The van der Waals surface area contributed by atoms with Crippen molar-refractivity contribution in [2.45, 2.75) is 32.4 Å². The summed E-state index contributed by atoms with van der Waals surface area (Å²) in [5.74, 6) is 1.62. The number of rotatable bonds is 7. The smallest absolute Gasteiger partial charge is 0.161 e. The molecule has 0 bridgehead atoms. The number of likely N-dealkylation sites (tertiary alicyclic amines) is 1. The summed E-state index contributed by atoms with van der Waals surface area (Å²) in [6, 6.07) is 7.02. The molecule has 0 saturated carbocycles. The van der Waals surface area contributed by atoms with Crippen molar-refractivity contribution in [2.24, 2.45) is 0 Å². The fourth-order valence-corrected chi connectivity index (χ4v) is 3.19. The van der Waals surface area contributed by atoms with Gasteiger partial charge in [-0.3, -0.25) is 0 Å². The third-order valence-electron chi connectivity index (χ3n) is 4.36. The number of hydrogen-bond donors (Lipinski definition) is 2. The van der Waals surface area contributed by atoms with Crippen LogP contribution in [0.25, 0.3) is 0 Å². The zero-order chi connectivity index (χ0) is 14.4. The van der Waals surface area contributed by atoms with Gasteiger partial charge in [-0.25, -0.2) is 0 Å². The van der Waals surface area contributed by atoms with Gasteiger partial charge in [0.05, 0.1) is 27.3 Å². The molecule has 1 aromatic rings. The molecule has 3 N–H and O–H groups in total. The first-order chi connectivity index (χ1) is 9.78. The van der Waals surface area contributed by atoms with E-state index in [4.69, 9.17) is 9.47 Å². The maximum Gasteiger partial charge on any atom is 0.161 e. The van der Waals surface area contributed by atoms with Crippen LogP contribution in [0.15, 0.2) is 18.2 Å².